The largest absolute Gasteiger partial charge is 0.488 e. The molecule has 2 aliphatic rings. The standard InChI is InChI=1S/C15H20ClNO2/c1-11-2-3-15-12(6-11)7-14(19-15)9-17-4-5-18-10-13(17)8-16/h2-3,6,13-14H,4-5,7-10H2,1H3. The Balaban J connectivity index is 1.63. The van der Waals surface area contributed by atoms with E-state index >= 15 is 0 Å². The van der Waals surface area contributed by atoms with Gasteiger partial charge in [0.25, 0.3) is 0 Å². The maximum Gasteiger partial charge on any atom is 0.123 e. The molecule has 1 aromatic rings. The van der Waals surface area contributed by atoms with Crippen molar-refractivity contribution in [2.45, 2.75) is 25.5 Å². The molecule has 3 nitrogen and oxygen atoms in total. The second-order valence-corrected chi connectivity index (χ2v) is 5.74. The number of aryl methyl sites for hydroxylation is 1. The number of alkyl halides is 1. The van der Waals surface area contributed by atoms with Crippen molar-refractivity contribution >= 4 is 11.6 Å². The Bertz CT molecular complexity index is 452. The van der Waals surface area contributed by atoms with Crippen LogP contribution in [-0.2, 0) is 11.2 Å². The van der Waals surface area contributed by atoms with Crippen LogP contribution in [-0.4, -0.2) is 49.2 Å². The van der Waals surface area contributed by atoms with Crippen LogP contribution in [0.4, 0.5) is 0 Å². The normalized spacial score (nSPS) is 27.1. The molecule has 1 aromatic carbocycles. The molecule has 0 amide bonds. The van der Waals surface area contributed by atoms with Gasteiger partial charge in [0.2, 0.25) is 0 Å². The predicted molar refractivity (Wildman–Crippen MR) is 76.2 cm³/mol. The summed E-state index contributed by atoms with van der Waals surface area (Å²) in [5, 5.41) is 0. The summed E-state index contributed by atoms with van der Waals surface area (Å²) < 4.78 is 11.5. The van der Waals surface area contributed by atoms with Crippen LogP contribution in [0.2, 0.25) is 0 Å². The highest BCUT2D eigenvalue weighted by Crippen LogP contribution is 2.30. The van der Waals surface area contributed by atoms with Crippen LogP contribution in [0.1, 0.15) is 11.1 Å². The summed E-state index contributed by atoms with van der Waals surface area (Å²) in [6, 6.07) is 6.75. The summed E-state index contributed by atoms with van der Waals surface area (Å²) >= 11 is 6.01. The van der Waals surface area contributed by atoms with Gasteiger partial charge in [-0.2, -0.15) is 0 Å². The first-order chi connectivity index (χ1) is 9.26. The molecule has 0 N–H and O–H groups in total. The summed E-state index contributed by atoms with van der Waals surface area (Å²) in [4.78, 5) is 2.40. The lowest BCUT2D eigenvalue weighted by Gasteiger charge is -2.35. The Labute approximate surface area is 119 Å². The minimum Gasteiger partial charge on any atom is -0.488 e. The zero-order chi connectivity index (χ0) is 13.2. The van der Waals surface area contributed by atoms with Gasteiger partial charge in [-0.3, -0.25) is 4.90 Å². The summed E-state index contributed by atoms with van der Waals surface area (Å²) in [6.45, 7) is 5.55. The van der Waals surface area contributed by atoms with Crippen LogP contribution in [0.5, 0.6) is 5.75 Å². The van der Waals surface area contributed by atoms with Crippen LogP contribution in [0, 0.1) is 6.92 Å². The van der Waals surface area contributed by atoms with Crippen LogP contribution >= 0.6 is 11.6 Å². The van der Waals surface area contributed by atoms with E-state index in [9.17, 15) is 0 Å². The van der Waals surface area contributed by atoms with Gasteiger partial charge in [0.1, 0.15) is 11.9 Å². The molecule has 104 valence electrons. The topological polar surface area (TPSA) is 21.7 Å². The quantitative estimate of drug-likeness (QED) is 0.793. The SMILES string of the molecule is Cc1ccc2c(c1)CC(CN1CCOCC1CCl)O2. The Morgan fingerprint density at radius 1 is 1.42 bits per heavy atom. The molecule has 1 fully saturated rings. The van der Waals surface area contributed by atoms with E-state index in [1.54, 1.807) is 0 Å². The number of nitrogens with zero attached hydrogens (tertiary/aromatic N) is 1. The van der Waals surface area contributed by atoms with Crippen LogP contribution in [0.3, 0.4) is 0 Å². The van der Waals surface area contributed by atoms with E-state index in [4.69, 9.17) is 21.1 Å². The van der Waals surface area contributed by atoms with Crippen molar-refractivity contribution in [3.05, 3.63) is 29.3 Å². The van der Waals surface area contributed by atoms with Crippen molar-refractivity contribution in [3.8, 4) is 5.75 Å². The average Bonchev–Trinajstić information content (AvgIpc) is 2.80. The number of hydrogen-bond acceptors (Lipinski definition) is 3. The Morgan fingerprint density at radius 3 is 3.16 bits per heavy atom. The monoisotopic (exact) mass is 281 g/mol. The van der Waals surface area contributed by atoms with E-state index in [1.807, 2.05) is 0 Å². The lowest BCUT2D eigenvalue weighted by molar-refractivity contribution is -0.0126. The van der Waals surface area contributed by atoms with Crippen molar-refractivity contribution in [3.63, 3.8) is 0 Å². The molecule has 0 radical (unpaired) electrons. The molecule has 0 aromatic heterocycles. The fourth-order valence-electron chi connectivity index (χ4n) is 2.88. The number of hydrogen-bond donors (Lipinski definition) is 0. The minimum absolute atomic E-state index is 0.251. The lowest BCUT2D eigenvalue weighted by Crippen LogP contribution is -2.50. The van der Waals surface area contributed by atoms with Gasteiger partial charge in [-0.25, -0.2) is 0 Å². The number of fused-ring (bicyclic) bond motifs is 1. The van der Waals surface area contributed by atoms with Crippen molar-refractivity contribution in [1.82, 2.24) is 4.90 Å². The van der Waals surface area contributed by atoms with E-state index in [1.165, 1.54) is 11.1 Å². The molecular weight excluding hydrogens is 262 g/mol. The third-order valence-electron chi connectivity index (χ3n) is 3.92. The van der Waals surface area contributed by atoms with Crippen LogP contribution in [0.25, 0.3) is 0 Å². The van der Waals surface area contributed by atoms with Gasteiger partial charge in [0.05, 0.1) is 13.2 Å². The van der Waals surface area contributed by atoms with E-state index < -0.39 is 0 Å². The molecule has 3 rings (SSSR count). The van der Waals surface area contributed by atoms with E-state index in [0.717, 1.165) is 38.5 Å². The van der Waals surface area contributed by atoms with Crippen molar-refractivity contribution in [2.24, 2.45) is 0 Å². The average molecular weight is 282 g/mol. The molecule has 19 heavy (non-hydrogen) atoms. The number of ether oxygens (including phenoxy) is 2. The number of benzene rings is 1. The second-order valence-electron chi connectivity index (χ2n) is 5.43. The number of halogens is 1. The van der Waals surface area contributed by atoms with Crippen LogP contribution in [0.15, 0.2) is 18.2 Å². The molecule has 0 aliphatic carbocycles. The van der Waals surface area contributed by atoms with Crippen molar-refractivity contribution < 1.29 is 9.47 Å². The zero-order valence-corrected chi connectivity index (χ0v) is 12.0. The highest BCUT2D eigenvalue weighted by atomic mass is 35.5. The van der Waals surface area contributed by atoms with Gasteiger partial charge in [-0.15, -0.1) is 11.6 Å². The van der Waals surface area contributed by atoms with Gasteiger partial charge in [-0.1, -0.05) is 17.7 Å². The molecule has 2 atom stereocenters. The Kier molecular flexibility index (Phi) is 3.96. The first-order valence-corrected chi connectivity index (χ1v) is 7.43. The molecule has 1 saturated heterocycles. The first-order valence-electron chi connectivity index (χ1n) is 6.90. The maximum absolute atomic E-state index is 6.03. The fourth-order valence-corrected chi connectivity index (χ4v) is 3.17. The van der Waals surface area contributed by atoms with Gasteiger partial charge < -0.3 is 9.47 Å². The summed E-state index contributed by atoms with van der Waals surface area (Å²) in [6.07, 6.45) is 1.25. The highest BCUT2D eigenvalue weighted by molar-refractivity contribution is 6.18. The number of morpholine rings is 1. The van der Waals surface area contributed by atoms with Crippen LogP contribution < -0.4 is 4.74 Å². The highest BCUT2D eigenvalue weighted by Gasteiger charge is 2.29. The zero-order valence-electron chi connectivity index (χ0n) is 11.3. The van der Waals surface area contributed by atoms with Gasteiger partial charge in [0, 0.05) is 31.4 Å². The molecule has 4 heteroatoms. The van der Waals surface area contributed by atoms with Gasteiger partial charge >= 0.3 is 0 Å². The second kappa shape index (κ2) is 5.70. The fraction of sp³-hybridized carbons (Fsp3) is 0.600. The van der Waals surface area contributed by atoms with Crippen molar-refractivity contribution in [2.75, 3.05) is 32.2 Å². The number of rotatable bonds is 3. The lowest BCUT2D eigenvalue weighted by atomic mass is 10.1. The first kappa shape index (κ1) is 13.2. The summed E-state index contributed by atoms with van der Waals surface area (Å²) in [5.74, 6) is 1.67. The molecule has 0 bridgehead atoms. The molecular formula is C15H20ClNO2. The molecule has 0 spiro atoms. The van der Waals surface area contributed by atoms with Gasteiger partial charge in [-0.05, 0) is 18.6 Å². The molecule has 2 aliphatic heterocycles. The van der Waals surface area contributed by atoms with E-state index in [2.05, 4.69) is 30.0 Å². The maximum atomic E-state index is 6.03. The molecule has 2 heterocycles. The minimum atomic E-state index is 0.251. The summed E-state index contributed by atoms with van der Waals surface area (Å²) in [5.41, 5.74) is 2.63. The molecule has 0 saturated carbocycles. The Morgan fingerprint density at radius 2 is 2.32 bits per heavy atom. The summed E-state index contributed by atoms with van der Waals surface area (Å²) in [7, 11) is 0. The van der Waals surface area contributed by atoms with E-state index in [0.29, 0.717) is 11.9 Å². The molecule has 2 unspecified atom stereocenters. The van der Waals surface area contributed by atoms with Crippen molar-refractivity contribution in [1.29, 1.82) is 0 Å². The predicted octanol–water partition coefficient (Wildman–Crippen LogP) is 2.24. The third-order valence-corrected chi connectivity index (χ3v) is 4.28. The van der Waals surface area contributed by atoms with E-state index in [-0.39, 0.29) is 6.10 Å². The Hall–Kier alpha value is -0.770. The van der Waals surface area contributed by atoms with Gasteiger partial charge in [0.15, 0.2) is 0 Å². The smallest absolute Gasteiger partial charge is 0.123 e. The third kappa shape index (κ3) is 2.88.